The zero-order valence-corrected chi connectivity index (χ0v) is 15.7. The lowest BCUT2D eigenvalue weighted by Crippen LogP contribution is -2.31. The van der Waals surface area contributed by atoms with Gasteiger partial charge in [-0.1, -0.05) is 30.3 Å². The molecule has 1 unspecified atom stereocenters. The number of esters is 1. The minimum absolute atomic E-state index is 0.0607. The summed E-state index contributed by atoms with van der Waals surface area (Å²) >= 11 is 3.37. The first-order chi connectivity index (χ1) is 12.0. The van der Waals surface area contributed by atoms with Gasteiger partial charge in [0.1, 0.15) is 5.75 Å². The maximum Gasteiger partial charge on any atom is 0.308 e. The van der Waals surface area contributed by atoms with Crippen LogP contribution in [-0.4, -0.2) is 25.6 Å². The monoisotopic (exact) mass is 405 g/mol. The second-order valence-corrected chi connectivity index (χ2v) is 6.15. The van der Waals surface area contributed by atoms with Gasteiger partial charge in [-0.05, 0) is 46.6 Å². The van der Waals surface area contributed by atoms with Crippen molar-refractivity contribution in [3.8, 4) is 5.75 Å². The molecule has 25 heavy (non-hydrogen) atoms. The van der Waals surface area contributed by atoms with Crippen LogP contribution < -0.4 is 10.1 Å². The fraction of sp³-hybridized carbons (Fsp3) is 0.263. The number of halogens is 1. The highest BCUT2D eigenvalue weighted by Crippen LogP contribution is 2.24. The van der Waals surface area contributed by atoms with E-state index in [-0.39, 0.29) is 18.3 Å². The first-order valence-corrected chi connectivity index (χ1v) is 8.69. The molecule has 0 heterocycles. The van der Waals surface area contributed by atoms with E-state index in [0.29, 0.717) is 22.4 Å². The number of hydrogen-bond donors (Lipinski definition) is 1. The van der Waals surface area contributed by atoms with Crippen molar-refractivity contribution in [3.63, 3.8) is 0 Å². The maximum absolute atomic E-state index is 12.7. The maximum atomic E-state index is 12.7. The summed E-state index contributed by atoms with van der Waals surface area (Å²) in [6, 6.07) is 14.0. The van der Waals surface area contributed by atoms with E-state index in [4.69, 9.17) is 9.47 Å². The molecule has 0 saturated heterocycles. The van der Waals surface area contributed by atoms with Crippen LogP contribution in [0, 0.1) is 0 Å². The van der Waals surface area contributed by atoms with Crippen molar-refractivity contribution in [2.45, 2.75) is 19.4 Å². The fourth-order valence-corrected chi connectivity index (χ4v) is 2.79. The minimum Gasteiger partial charge on any atom is -0.497 e. The second kappa shape index (κ2) is 9.22. The van der Waals surface area contributed by atoms with Gasteiger partial charge in [0.2, 0.25) is 0 Å². The Morgan fingerprint density at radius 3 is 2.52 bits per heavy atom. The zero-order chi connectivity index (χ0) is 18.2. The van der Waals surface area contributed by atoms with Gasteiger partial charge in [-0.15, -0.1) is 0 Å². The van der Waals surface area contributed by atoms with E-state index >= 15 is 0 Å². The number of methoxy groups -OCH3 is 1. The van der Waals surface area contributed by atoms with Crippen LogP contribution in [0.4, 0.5) is 0 Å². The molecular weight excluding hydrogens is 386 g/mol. The molecule has 0 aromatic heterocycles. The molecule has 0 aliphatic rings. The van der Waals surface area contributed by atoms with Gasteiger partial charge in [0.25, 0.3) is 5.91 Å². The average molecular weight is 406 g/mol. The van der Waals surface area contributed by atoms with Gasteiger partial charge in [-0.25, -0.2) is 0 Å². The van der Waals surface area contributed by atoms with Crippen LogP contribution in [0.5, 0.6) is 5.75 Å². The first-order valence-electron chi connectivity index (χ1n) is 7.90. The summed E-state index contributed by atoms with van der Waals surface area (Å²) in [4.78, 5) is 24.6. The highest BCUT2D eigenvalue weighted by Gasteiger charge is 2.21. The van der Waals surface area contributed by atoms with E-state index in [0.717, 1.165) is 5.56 Å². The molecule has 0 aliphatic carbocycles. The lowest BCUT2D eigenvalue weighted by Gasteiger charge is -2.19. The summed E-state index contributed by atoms with van der Waals surface area (Å²) in [5.41, 5.74) is 1.27. The van der Waals surface area contributed by atoms with Gasteiger partial charge in [-0.3, -0.25) is 9.59 Å². The number of benzene rings is 2. The van der Waals surface area contributed by atoms with E-state index in [9.17, 15) is 9.59 Å². The van der Waals surface area contributed by atoms with Gasteiger partial charge < -0.3 is 14.8 Å². The predicted molar refractivity (Wildman–Crippen MR) is 98.6 cm³/mol. The smallest absolute Gasteiger partial charge is 0.308 e. The summed E-state index contributed by atoms with van der Waals surface area (Å²) in [7, 11) is 1.54. The summed E-state index contributed by atoms with van der Waals surface area (Å²) in [6.45, 7) is 2.05. The zero-order valence-electron chi connectivity index (χ0n) is 14.1. The van der Waals surface area contributed by atoms with Crippen molar-refractivity contribution in [1.82, 2.24) is 5.32 Å². The van der Waals surface area contributed by atoms with Crippen molar-refractivity contribution in [2.24, 2.45) is 0 Å². The van der Waals surface area contributed by atoms with E-state index < -0.39 is 6.04 Å². The number of hydrogen-bond acceptors (Lipinski definition) is 4. The predicted octanol–water partition coefficient (Wildman–Crippen LogP) is 3.88. The molecule has 2 aromatic rings. The Hall–Kier alpha value is -2.34. The number of carbonyl (C=O) groups is 2. The van der Waals surface area contributed by atoms with E-state index in [1.165, 1.54) is 0 Å². The number of carbonyl (C=O) groups excluding carboxylic acids is 2. The summed E-state index contributed by atoms with van der Waals surface area (Å²) in [5, 5.41) is 2.91. The van der Waals surface area contributed by atoms with E-state index in [2.05, 4.69) is 21.2 Å². The third kappa shape index (κ3) is 5.32. The quantitative estimate of drug-likeness (QED) is 0.709. The van der Waals surface area contributed by atoms with Crippen molar-refractivity contribution in [1.29, 1.82) is 0 Å². The lowest BCUT2D eigenvalue weighted by atomic mass is 10.0. The molecule has 5 nitrogen and oxygen atoms in total. The topological polar surface area (TPSA) is 64.6 Å². The SMILES string of the molecule is CCOC(=O)CC(NC(=O)c1cc(OC)ccc1Br)c1ccccc1. The Labute approximate surface area is 155 Å². The van der Waals surface area contributed by atoms with Gasteiger partial charge in [0.05, 0.1) is 31.7 Å². The highest BCUT2D eigenvalue weighted by atomic mass is 79.9. The van der Waals surface area contributed by atoms with Crippen molar-refractivity contribution < 1.29 is 19.1 Å². The van der Waals surface area contributed by atoms with Crippen LogP contribution >= 0.6 is 15.9 Å². The van der Waals surface area contributed by atoms with Crippen LogP contribution in [0.1, 0.15) is 35.3 Å². The largest absolute Gasteiger partial charge is 0.497 e. The fourth-order valence-electron chi connectivity index (χ4n) is 2.37. The first kappa shape index (κ1) is 19.0. The summed E-state index contributed by atoms with van der Waals surface area (Å²) in [5.74, 6) is -0.0831. The standard InChI is InChI=1S/C19H20BrNO4/c1-3-25-18(22)12-17(13-7-5-4-6-8-13)21-19(23)15-11-14(24-2)9-10-16(15)20/h4-11,17H,3,12H2,1-2H3,(H,21,23). The van der Waals surface area contributed by atoms with Crippen molar-refractivity contribution >= 4 is 27.8 Å². The summed E-state index contributed by atoms with van der Waals surface area (Å²) < 4.78 is 10.8. The molecule has 0 radical (unpaired) electrons. The third-order valence-electron chi connectivity index (χ3n) is 3.60. The third-order valence-corrected chi connectivity index (χ3v) is 4.29. The Bertz CT molecular complexity index is 733. The summed E-state index contributed by atoms with van der Waals surface area (Å²) in [6.07, 6.45) is 0.0607. The number of ether oxygens (including phenoxy) is 2. The minimum atomic E-state index is -0.481. The lowest BCUT2D eigenvalue weighted by molar-refractivity contribution is -0.143. The van der Waals surface area contributed by atoms with Crippen LogP contribution in [0.25, 0.3) is 0 Å². The van der Waals surface area contributed by atoms with Crippen LogP contribution in [-0.2, 0) is 9.53 Å². The molecule has 0 saturated carbocycles. The van der Waals surface area contributed by atoms with Crippen LogP contribution in [0.15, 0.2) is 53.0 Å². The molecule has 2 rings (SSSR count). The van der Waals surface area contributed by atoms with Crippen molar-refractivity contribution in [2.75, 3.05) is 13.7 Å². The number of nitrogens with one attached hydrogen (secondary N) is 1. The molecule has 0 bridgehead atoms. The molecule has 0 spiro atoms. The van der Waals surface area contributed by atoms with Crippen molar-refractivity contribution in [3.05, 3.63) is 64.1 Å². The second-order valence-electron chi connectivity index (χ2n) is 5.29. The van der Waals surface area contributed by atoms with Crippen LogP contribution in [0.2, 0.25) is 0 Å². The highest BCUT2D eigenvalue weighted by molar-refractivity contribution is 9.10. The van der Waals surface area contributed by atoms with E-state index in [1.807, 2.05) is 30.3 Å². The number of rotatable bonds is 7. The molecule has 6 heteroatoms. The normalized spacial score (nSPS) is 11.5. The molecule has 0 aliphatic heterocycles. The Kier molecular flexibility index (Phi) is 7.01. The Morgan fingerprint density at radius 1 is 1.16 bits per heavy atom. The van der Waals surface area contributed by atoms with Gasteiger partial charge in [0.15, 0.2) is 0 Å². The van der Waals surface area contributed by atoms with Gasteiger partial charge in [-0.2, -0.15) is 0 Å². The number of amides is 1. The Balaban J connectivity index is 2.23. The average Bonchev–Trinajstić information content (AvgIpc) is 2.62. The Morgan fingerprint density at radius 2 is 1.88 bits per heavy atom. The molecule has 1 N–H and O–H groups in total. The van der Waals surface area contributed by atoms with Crippen LogP contribution in [0.3, 0.4) is 0 Å². The molecular formula is C19H20BrNO4. The molecule has 132 valence electrons. The molecule has 1 amide bonds. The molecule has 2 aromatic carbocycles. The van der Waals surface area contributed by atoms with Gasteiger partial charge >= 0.3 is 5.97 Å². The van der Waals surface area contributed by atoms with Gasteiger partial charge in [0, 0.05) is 4.47 Å². The molecule has 1 atom stereocenters. The van der Waals surface area contributed by atoms with E-state index in [1.54, 1.807) is 32.2 Å². The molecule has 0 fully saturated rings.